The number of ether oxygens (including phenoxy) is 2. The molecule has 0 saturated carbocycles. The second-order valence-corrected chi connectivity index (χ2v) is 4.48. The highest BCUT2D eigenvalue weighted by Crippen LogP contribution is 2.17. The van der Waals surface area contributed by atoms with Gasteiger partial charge >= 0.3 is 0 Å². The Kier molecular flexibility index (Phi) is 4.77. The standard InChI is InChI=1S/C13H21NO2/c1-13(2,10-15-3)14-9-11-7-5-6-8-12(11)16-4/h5-8,14H,9-10H2,1-4H3. The molecule has 0 unspecified atom stereocenters. The minimum Gasteiger partial charge on any atom is -0.496 e. The lowest BCUT2D eigenvalue weighted by atomic mass is 10.1. The molecule has 0 aliphatic carbocycles. The van der Waals surface area contributed by atoms with Gasteiger partial charge in [-0.05, 0) is 19.9 Å². The minimum atomic E-state index is -0.0321. The van der Waals surface area contributed by atoms with Crippen LogP contribution in [-0.2, 0) is 11.3 Å². The number of methoxy groups -OCH3 is 2. The summed E-state index contributed by atoms with van der Waals surface area (Å²) in [7, 11) is 3.41. The second kappa shape index (κ2) is 5.87. The Hall–Kier alpha value is -1.06. The lowest BCUT2D eigenvalue weighted by molar-refractivity contribution is 0.127. The Morgan fingerprint density at radius 3 is 2.50 bits per heavy atom. The molecular formula is C13H21NO2. The predicted molar refractivity (Wildman–Crippen MR) is 65.8 cm³/mol. The van der Waals surface area contributed by atoms with Crippen LogP contribution in [-0.4, -0.2) is 26.4 Å². The largest absolute Gasteiger partial charge is 0.496 e. The maximum absolute atomic E-state index is 5.30. The topological polar surface area (TPSA) is 30.5 Å². The fourth-order valence-electron chi connectivity index (χ4n) is 1.60. The molecule has 3 nitrogen and oxygen atoms in total. The maximum atomic E-state index is 5.30. The van der Waals surface area contributed by atoms with Gasteiger partial charge in [-0.15, -0.1) is 0 Å². The van der Waals surface area contributed by atoms with Crippen molar-refractivity contribution in [3.05, 3.63) is 29.8 Å². The molecule has 0 fully saturated rings. The number of hydrogen-bond acceptors (Lipinski definition) is 3. The van der Waals surface area contributed by atoms with Crippen molar-refractivity contribution in [3.63, 3.8) is 0 Å². The van der Waals surface area contributed by atoms with E-state index in [1.807, 2.05) is 18.2 Å². The molecule has 1 aromatic rings. The summed E-state index contributed by atoms with van der Waals surface area (Å²) in [5.74, 6) is 0.920. The van der Waals surface area contributed by atoms with Crippen molar-refractivity contribution in [1.82, 2.24) is 5.32 Å². The Morgan fingerprint density at radius 2 is 1.88 bits per heavy atom. The van der Waals surface area contributed by atoms with Gasteiger partial charge in [0.1, 0.15) is 5.75 Å². The summed E-state index contributed by atoms with van der Waals surface area (Å²) in [5.41, 5.74) is 1.13. The van der Waals surface area contributed by atoms with Crippen molar-refractivity contribution >= 4 is 0 Å². The molecule has 1 aromatic carbocycles. The Balaban J connectivity index is 2.60. The van der Waals surface area contributed by atoms with E-state index in [4.69, 9.17) is 9.47 Å². The SMILES string of the molecule is COCC(C)(C)NCc1ccccc1OC. The van der Waals surface area contributed by atoms with E-state index >= 15 is 0 Å². The number of nitrogens with one attached hydrogen (secondary N) is 1. The quantitative estimate of drug-likeness (QED) is 0.802. The summed E-state index contributed by atoms with van der Waals surface area (Å²) in [6, 6.07) is 8.03. The molecular weight excluding hydrogens is 202 g/mol. The summed E-state index contributed by atoms with van der Waals surface area (Å²) >= 11 is 0. The van der Waals surface area contributed by atoms with Crippen LogP contribution < -0.4 is 10.1 Å². The monoisotopic (exact) mass is 223 g/mol. The van der Waals surface area contributed by atoms with E-state index in [0.717, 1.165) is 17.9 Å². The van der Waals surface area contributed by atoms with Gasteiger partial charge < -0.3 is 14.8 Å². The number of hydrogen-bond donors (Lipinski definition) is 1. The highest BCUT2D eigenvalue weighted by atomic mass is 16.5. The van der Waals surface area contributed by atoms with Gasteiger partial charge in [0, 0.05) is 24.8 Å². The van der Waals surface area contributed by atoms with Crippen molar-refractivity contribution in [1.29, 1.82) is 0 Å². The van der Waals surface area contributed by atoms with Gasteiger partial charge in [0.25, 0.3) is 0 Å². The molecule has 0 amide bonds. The molecule has 0 spiro atoms. The third kappa shape index (κ3) is 3.83. The van der Waals surface area contributed by atoms with Crippen molar-refractivity contribution in [2.45, 2.75) is 25.9 Å². The van der Waals surface area contributed by atoms with Crippen LogP contribution in [0.4, 0.5) is 0 Å². The summed E-state index contributed by atoms with van der Waals surface area (Å²) in [5, 5.41) is 3.45. The lowest BCUT2D eigenvalue weighted by Gasteiger charge is -2.25. The van der Waals surface area contributed by atoms with Crippen LogP contribution in [0.15, 0.2) is 24.3 Å². The molecule has 0 aliphatic rings. The van der Waals surface area contributed by atoms with E-state index in [9.17, 15) is 0 Å². The smallest absolute Gasteiger partial charge is 0.123 e. The van der Waals surface area contributed by atoms with Crippen LogP contribution >= 0.6 is 0 Å². The highest BCUT2D eigenvalue weighted by Gasteiger charge is 2.16. The summed E-state index contributed by atoms with van der Waals surface area (Å²) in [6.07, 6.45) is 0. The molecule has 0 aromatic heterocycles. The van der Waals surface area contributed by atoms with Crippen LogP contribution in [0.3, 0.4) is 0 Å². The van der Waals surface area contributed by atoms with Crippen molar-refractivity contribution in [2.75, 3.05) is 20.8 Å². The Labute approximate surface area is 97.8 Å². The van der Waals surface area contributed by atoms with Crippen molar-refractivity contribution < 1.29 is 9.47 Å². The Bertz CT molecular complexity index is 323. The van der Waals surface area contributed by atoms with Crippen LogP contribution in [0.5, 0.6) is 5.75 Å². The molecule has 3 heteroatoms. The van der Waals surface area contributed by atoms with Gasteiger partial charge in [0.15, 0.2) is 0 Å². The first kappa shape index (κ1) is 13.0. The molecule has 16 heavy (non-hydrogen) atoms. The third-order valence-electron chi connectivity index (χ3n) is 2.46. The van der Waals surface area contributed by atoms with Gasteiger partial charge in [-0.25, -0.2) is 0 Å². The minimum absolute atomic E-state index is 0.0321. The zero-order chi connectivity index (χ0) is 12.0. The Morgan fingerprint density at radius 1 is 1.19 bits per heavy atom. The van der Waals surface area contributed by atoms with Crippen LogP contribution in [0.1, 0.15) is 19.4 Å². The summed E-state index contributed by atoms with van der Waals surface area (Å²) in [4.78, 5) is 0. The van der Waals surface area contributed by atoms with Gasteiger partial charge in [0.2, 0.25) is 0 Å². The van der Waals surface area contributed by atoms with Gasteiger partial charge in [-0.3, -0.25) is 0 Å². The predicted octanol–water partition coefficient (Wildman–Crippen LogP) is 2.21. The van der Waals surface area contributed by atoms with E-state index in [-0.39, 0.29) is 5.54 Å². The van der Waals surface area contributed by atoms with Gasteiger partial charge in [-0.2, -0.15) is 0 Å². The summed E-state index contributed by atoms with van der Waals surface area (Å²) < 4.78 is 10.5. The fourth-order valence-corrected chi connectivity index (χ4v) is 1.60. The molecule has 0 bridgehead atoms. The molecule has 0 atom stereocenters. The normalized spacial score (nSPS) is 11.5. The molecule has 0 heterocycles. The van der Waals surface area contributed by atoms with E-state index in [2.05, 4.69) is 25.2 Å². The molecule has 0 radical (unpaired) electrons. The van der Waals surface area contributed by atoms with Crippen molar-refractivity contribution in [3.8, 4) is 5.75 Å². The second-order valence-electron chi connectivity index (χ2n) is 4.48. The molecule has 0 aliphatic heterocycles. The van der Waals surface area contributed by atoms with Crippen LogP contribution in [0.25, 0.3) is 0 Å². The number of para-hydroxylation sites is 1. The highest BCUT2D eigenvalue weighted by molar-refractivity contribution is 5.33. The molecule has 90 valence electrons. The number of benzene rings is 1. The first-order valence-electron chi connectivity index (χ1n) is 5.45. The molecule has 0 saturated heterocycles. The number of rotatable bonds is 6. The maximum Gasteiger partial charge on any atom is 0.123 e. The van der Waals surface area contributed by atoms with E-state index < -0.39 is 0 Å². The molecule has 1 rings (SSSR count). The first-order valence-corrected chi connectivity index (χ1v) is 5.45. The lowest BCUT2D eigenvalue weighted by Crippen LogP contribution is -2.42. The van der Waals surface area contributed by atoms with E-state index in [1.165, 1.54) is 0 Å². The molecule has 1 N–H and O–H groups in total. The average Bonchev–Trinajstić information content (AvgIpc) is 2.27. The van der Waals surface area contributed by atoms with E-state index in [0.29, 0.717) is 6.61 Å². The fraction of sp³-hybridized carbons (Fsp3) is 0.538. The van der Waals surface area contributed by atoms with Gasteiger partial charge in [-0.1, -0.05) is 18.2 Å². The van der Waals surface area contributed by atoms with Crippen LogP contribution in [0, 0.1) is 0 Å². The zero-order valence-electron chi connectivity index (χ0n) is 10.5. The summed E-state index contributed by atoms with van der Waals surface area (Å²) in [6.45, 7) is 5.69. The first-order chi connectivity index (χ1) is 7.59. The van der Waals surface area contributed by atoms with Crippen molar-refractivity contribution in [2.24, 2.45) is 0 Å². The van der Waals surface area contributed by atoms with Gasteiger partial charge in [0.05, 0.1) is 13.7 Å². The van der Waals surface area contributed by atoms with E-state index in [1.54, 1.807) is 14.2 Å². The average molecular weight is 223 g/mol. The zero-order valence-corrected chi connectivity index (χ0v) is 10.5. The van der Waals surface area contributed by atoms with Crippen LogP contribution in [0.2, 0.25) is 0 Å². The third-order valence-corrected chi connectivity index (χ3v) is 2.46.